The second-order valence-corrected chi connectivity index (χ2v) is 5.15. The van der Waals surface area contributed by atoms with E-state index >= 15 is 0 Å². The van der Waals surface area contributed by atoms with E-state index in [0.717, 1.165) is 36.7 Å². The molecular weight excluding hydrogens is 238 g/mol. The summed E-state index contributed by atoms with van der Waals surface area (Å²) >= 11 is 0. The number of anilines is 1. The summed E-state index contributed by atoms with van der Waals surface area (Å²) in [4.78, 5) is 7.01. The number of nitrogens with one attached hydrogen (secondary N) is 1. The zero-order valence-electron chi connectivity index (χ0n) is 11.6. The lowest BCUT2D eigenvalue weighted by molar-refractivity contribution is 0.433. The standard InChI is InChI=1S/C14H21N5/c1-3-18(12-5-4-6-15-10-12)14-13-9-11(2)17-19(13)8-7-16-14/h7-9,12,15H,3-6,10H2,1-2H3. The molecule has 1 aliphatic heterocycles. The molecule has 1 aliphatic rings. The minimum Gasteiger partial charge on any atom is -0.351 e. The summed E-state index contributed by atoms with van der Waals surface area (Å²) in [7, 11) is 0. The predicted octanol–water partition coefficient (Wildman–Crippen LogP) is 1.62. The number of aromatic nitrogens is 3. The van der Waals surface area contributed by atoms with Crippen LogP contribution in [0.5, 0.6) is 0 Å². The Morgan fingerprint density at radius 2 is 2.42 bits per heavy atom. The lowest BCUT2D eigenvalue weighted by Gasteiger charge is -2.35. The number of nitrogens with zero attached hydrogens (tertiary/aromatic N) is 4. The van der Waals surface area contributed by atoms with Gasteiger partial charge >= 0.3 is 0 Å². The number of rotatable bonds is 3. The van der Waals surface area contributed by atoms with Crippen molar-refractivity contribution in [2.24, 2.45) is 0 Å². The van der Waals surface area contributed by atoms with Crippen molar-refractivity contribution in [2.75, 3.05) is 24.5 Å². The smallest absolute Gasteiger partial charge is 0.154 e. The first kappa shape index (κ1) is 12.4. The third kappa shape index (κ3) is 2.30. The Morgan fingerprint density at radius 1 is 1.53 bits per heavy atom. The van der Waals surface area contributed by atoms with Crippen LogP contribution >= 0.6 is 0 Å². The zero-order chi connectivity index (χ0) is 13.2. The molecule has 19 heavy (non-hydrogen) atoms. The summed E-state index contributed by atoms with van der Waals surface area (Å²) in [5.41, 5.74) is 2.14. The van der Waals surface area contributed by atoms with E-state index in [0.29, 0.717) is 6.04 Å². The minimum absolute atomic E-state index is 0.535. The highest BCUT2D eigenvalue weighted by Crippen LogP contribution is 2.23. The Balaban J connectivity index is 2.00. The molecule has 1 fully saturated rings. The Labute approximate surface area is 113 Å². The Morgan fingerprint density at radius 3 is 3.16 bits per heavy atom. The fourth-order valence-corrected chi connectivity index (χ4v) is 2.93. The topological polar surface area (TPSA) is 45.5 Å². The lowest BCUT2D eigenvalue weighted by Crippen LogP contribution is -2.46. The highest BCUT2D eigenvalue weighted by atomic mass is 15.3. The molecule has 2 aromatic rings. The first-order valence-electron chi connectivity index (χ1n) is 7.08. The van der Waals surface area contributed by atoms with Crippen LogP contribution in [0.25, 0.3) is 5.52 Å². The van der Waals surface area contributed by atoms with Gasteiger partial charge in [0.05, 0.1) is 5.69 Å². The molecule has 0 spiro atoms. The maximum absolute atomic E-state index is 4.60. The Bertz CT molecular complexity index is 556. The van der Waals surface area contributed by atoms with Crippen molar-refractivity contribution in [1.29, 1.82) is 0 Å². The van der Waals surface area contributed by atoms with Gasteiger partial charge in [-0.2, -0.15) is 5.10 Å². The molecule has 1 N–H and O–H groups in total. The van der Waals surface area contributed by atoms with Crippen molar-refractivity contribution in [3.8, 4) is 0 Å². The molecule has 1 atom stereocenters. The molecule has 3 heterocycles. The second-order valence-electron chi connectivity index (χ2n) is 5.15. The molecule has 0 aliphatic carbocycles. The van der Waals surface area contributed by atoms with E-state index in [-0.39, 0.29) is 0 Å². The van der Waals surface area contributed by atoms with Crippen LogP contribution < -0.4 is 10.2 Å². The maximum Gasteiger partial charge on any atom is 0.154 e. The summed E-state index contributed by atoms with van der Waals surface area (Å²) in [5, 5.41) is 7.95. The molecule has 3 rings (SSSR count). The van der Waals surface area contributed by atoms with E-state index in [4.69, 9.17) is 0 Å². The number of piperidine rings is 1. The molecule has 1 unspecified atom stereocenters. The van der Waals surface area contributed by atoms with Crippen LogP contribution in [0.3, 0.4) is 0 Å². The summed E-state index contributed by atoms with van der Waals surface area (Å²) < 4.78 is 1.93. The quantitative estimate of drug-likeness (QED) is 0.909. The van der Waals surface area contributed by atoms with Crippen molar-refractivity contribution < 1.29 is 0 Å². The summed E-state index contributed by atoms with van der Waals surface area (Å²) in [5.74, 6) is 1.05. The average Bonchev–Trinajstić information content (AvgIpc) is 2.82. The number of hydrogen-bond acceptors (Lipinski definition) is 4. The van der Waals surface area contributed by atoms with Gasteiger partial charge in [0.2, 0.25) is 0 Å². The fourth-order valence-electron chi connectivity index (χ4n) is 2.93. The first-order chi connectivity index (χ1) is 9.29. The van der Waals surface area contributed by atoms with Crippen LogP contribution in [-0.4, -0.2) is 40.3 Å². The van der Waals surface area contributed by atoms with Crippen molar-refractivity contribution in [3.05, 3.63) is 24.2 Å². The van der Waals surface area contributed by atoms with Crippen molar-refractivity contribution in [3.63, 3.8) is 0 Å². The van der Waals surface area contributed by atoms with Gasteiger partial charge in [0.25, 0.3) is 0 Å². The molecule has 0 saturated carbocycles. The predicted molar refractivity (Wildman–Crippen MR) is 76.6 cm³/mol. The van der Waals surface area contributed by atoms with E-state index in [2.05, 4.69) is 33.3 Å². The van der Waals surface area contributed by atoms with Gasteiger partial charge in [-0.05, 0) is 39.3 Å². The van der Waals surface area contributed by atoms with Crippen LogP contribution in [0.1, 0.15) is 25.5 Å². The Hall–Kier alpha value is -1.62. The SMILES string of the molecule is CCN(c1nccn2nc(C)cc12)C1CCCNC1. The molecule has 102 valence electrons. The lowest BCUT2D eigenvalue weighted by atomic mass is 10.1. The van der Waals surface area contributed by atoms with E-state index in [1.165, 1.54) is 12.8 Å². The Kier molecular flexibility index (Phi) is 3.38. The van der Waals surface area contributed by atoms with E-state index in [9.17, 15) is 0 Å². The highest BCUT2D eigenvalue weighted by molar-refractivity contribution is 5.69. The number of aryl methyl sites for hydroxylation is 1. The average molecular weight is 259 g/mol. The molecule has 2 aromatic heterocycles. The summed E-state index contributed by atoms with van der Waals surface area (Å²) in [6.07, 6.45) is 6.23. The molecule has 5 nitrogen and oxygen atoms in total. The first-order valence-corrected chi connectivity index (χ1v) is 7.08. The van der Waals surface area contributed by atoms with Crippen LogP contribution in [0.15, 0.2) is 18.5 Å². The van der Waals surface area contributed by atoms with Gasteiger partial charge in [-0.15, -0.1) is 0 Å². The zero-order valence-corrected chi connectivity index (χ0v) is 11.6. The second kappa shape index (κ2) is 5.17. The van der Waals surface area contributed by atoms with Gasteiger partial charge in [0.1, 0.15) is 5.52 Å². The minimum atomic E-state index is 0.535. The molecule has 0 bridgehead atoms. The van der Waals surface area contributed by atoms with Gasteiger partial charge in [-0.1, -0.05) is 0 Å². The van der Waals surface area contributed by atoms with Gasteiger partial charge in [0.15, 0.2) is 5.82 Å². The normalized spacial score (nSPS) is 19.8. The van der Waals surface area contributed by atoms with E-state index in [1.807, 2.05) is 23.8 Å². The maximum atomic E-state index is 4.60. The number of fused-ring (bicyclic) bond motifs is 1. The number of likely N-dealkylation sites (N-methyl/N-ethyl adjacent to an activating group) is 1. The van der Waals surface area contributed by atoms with Gasteiger partial charge in [-0.25, -0.2) is 9.50 Å². The van der Waals surface area contributed by atoms with E-state index < -0.39 is 0 Å². The largest absolute Gasteiger partial charge is 0.351 e. The van der Waals surface area contributed by atoms with Crippen LogP contribution in [0.2, 0.25) is 0 Å². The number of hydrogen-bond donors (Lipinski definition) is 1. The molecule has 5 heteroatoms. The third-order valence-electron chi connectivity index (χ3n) is 3.82. The van der Waals surface area contributed by atoms with Crippen LogP contribution in [-0.2, 0) is 0 Å². The molecule has 1 saturated heterocycles. The van der Waals surface area contributed by atoms with Gasteiger partial charge < -0.3 is 10.2 Å². The van der Waals surface area contributed by atoms with Gasteiger partial charge in [-0.3, -0.25) is 0 Å². The van der Waals surface area contributed by atoms with Crippen LogP contribution in [0, 0.1) is 6.92 Å². The molecule has 0 aromatic carbocycles. The van der Waals surface area contributed by atoms with Gasteiger partial charge in [0, 0.05) is 31.5 Å². The van der Waals surface area contributed by atoms with Crippen molar-refractivity contribution >= 4 is 11.3 Å². The molecular formula is C14H21N5. The van der Waals surface area contributed by atoms with Crippen molar-refractivity contribution in [1.82, 2.24) is 19.9 Å². The summed E-state index contributed by atoms with van der Waals surface area (Å²) in [6.45, 7) is 7.38. The highest BCUT2D eigenvalue weighted by Gasteiger charge is 2.22. The molecule has 0 radical (unpaired) electrons. The van der Waals surface area contributed by atoms with Crippen molar-refractivity contribution in [2.45, 2.75) is 32.7 Å². The fraction of sp³-hybridized carbons (Fsp3) is 0.571. The monoisotopic (exact) mass is 259 g/mol. The molecule has 0 amide bonds. The van der Waals surface area contributed by atoms with Crippen LogP contribution in [0.4, 0.5) is 5.82 Å². The van der Waals surface area contributed by atoms with E-state index in [1.54, 1.807) is 0 Å². The summed E-state index contributed by atoms with van der Waals surface area (Å²) in [6, 6.07) is 2.65. The third-order valence-corrected chi connectivity index (χ3v) is 3.82.